The molecule has 0 spiro atoms. The largest absolute Gasteiger partial charge is 0.476 e. The number of para-hydroxylation sites is 1. The van der Waals surface area contributed by atoms with Gasteiger partial charge in [-0.05, 0) is 42.7 Å². The van der Waals surface area contributed by atoms with Crippen LogP contribution in [0.15, 0.2) is 30.5 Å². The molecule has 10 heteroatoms. The third kappa shape index (κ3) is 7.21. The van der Waals surface area contributed by atoms with Gasteiger partial charge in [-0.1, -0.05) is 58.7 Å². The first-order valence-electron chi connectivity index (χ1n) is 14.3. The molecule has 3 amide bonds. The Morgan fingerprint density at radius 3 is 2.38 bits per heavy atom. The summed E-state index contributed by atoms with van der Waals surface area (Å²) in [5.74, 6) is -1.22. The monoisotopic (exact) mass is 567 g/mol. The van der Waals surface area contributed by atoms with E-state index in [0.29, 0.717) is 35.8 Å². The number of thiazole rings is 1. The van der Waals surface area contributed by atoms with Gasteiger partial charge in [0.05, 0.1) is 6.04 Å². The number of hydrogen-bond donors (Lipinski definition) is 4. The number of carbonyl (C=O) groups is 3. The normalized spacial score (nSPS) is 15.7. The molecule has 4 N–H and O–H groups in total. The summed E-state index contributed by atoms with van der Waals surface area (Å²) >= 11 is 1.33. The van der Waals surface area contributed by atoms with Gasteiger partial charge < -0.3 is 25.6 Å². The molecule has 0 bridgehead atoms. The van der Waals surface area contributed by atoms with Crippen LogP contribution in [0.4, 0.5) is 4.79 Å². The molecule has 2 atom stereocenters. The molecule has 40 heavy (non-hydrogen) atoms. The number of H-pyrrole nitrogens is 1. The van der Waals surface area contributed by atoms with Crippen LogP contribution in [0.2, 0.25) is 0 Å². The first-order chi connectivity index (χ1) is 19.1. The van der Waals surface area contributed by atoms with Crippen LogP contribution in [-0.4, -0.2) is 57.0 Å². The predicted octanol–water partition coefficient (Wildman–Crippen LogP) is 5.85. The number of likely N-dealkylation sites (tertiary alicyclic amines) is 1. The van der Waals surface area contributed by atoms with Crippen LogP contribution in [0.5, 0.6) is 0 Å². The summed E-state index contributed by atoms with van der Waals surface area (Å²) in [5.41, 5.74) is 2.01. The lowest BCUT2D eigenvalue weighted by molar-refractivity contribution is -0.124. The zero-order chi connectivity index (χ0) is 28.8. The Morgan fingerprint density at radius 1 is 1.05 bits per heavy atom. The van der Waals surface area contributed by atoms with Crippen molar-refractivity contribution in [1.29, 1.82) is 0 Å². The molecule has 3 aromatic rings. The van der Waals surface area contributed by atoms with Gasteiger partial charge in [0.15, 0.2) is 5.69 Å². The molecular formula is C30H41N5O4S. The number of aromatic amines is 1. The SMILES string of the molecule is CC(C)CC(NC(=O)N1CCCCCC1)C(=O)NC(Cc1c[nH]c2ccccc12)c1nc(C(=O)O)c(C(C)C)s1. The van der Waals surface area contributed by atoms with Crippen molar-refractivity contribution >= 4 is 40.1 Å². The average molecular weight is 568 g/mol. The molecule has 1 aliphatic rings. The van der Waals surface area contributed by atoms with E-state index in [1.165, 1.54) is 11.3 Å². The number of nitrogens with one attached hydrogen (secondary N) is 3. The van der Waals surface area contributed by atoms with E-state index in [1.54, 1.807) is 0 Å². The van der Waals surface area contributed by atoms with Gasteiger partial charge in [-0.25, -0.2) is 14.6 Å². The van der Waals surface area contributed by atoms with Crippen LogP contribution < -0.4 is 10.6 Å². The minimum atomic E-state index is -1.08. The van der Waals surface area contributed by atoms with E-state index in [1.807, 2.05) is 63.1 Å². The third-order valence-electron chi connectivity index (χ3n) is 7.32. The van der Waals surface area contributed by atoms with E-state index >= 15 is 0 Å². The zero-order valence-electron chi connectivity index (χ0n) is 23.8. The van der Waals surface area contributed by atoms with Crippen molar-refractivity contribution in [3.8, 4) is 0 Å². The maximum absolute atomic E-state index is 13.8. The molecule has 2 unspecified atom stereocenters. The first-order valence-corrected chi connectivity index (χ1v) is 15.1. The zero-order valence-corrected chi connectivity index (χ0v) is 24.6. The van der Waals surface area contributed by atoms with Crippen LogP contribution >= 0.6 is 11.3 Å². The van der Waals surface area contributed by atoms with Crippen molar-refractivity contribution in [2.45, 2.75) is 84.2 Å². The number of aromatic nitrogens is 2. The van der Waals surface area contributed by atoms with Crippen molar-refractivity contribution in [2.75, 3.05) is 13.1 Å². The standard InChI is InChI=1S/C30H41N5O4S/c1-18(2)15-23(33-30(39)35-13-9-5-6-10-14-35)27(36)32-24(16-20-17-31-22-12-8-7-11-21(20)22)28-34-25(29(37)38)26(40-28)19(3)4/h7-8,11-12,17-19,23-24,31H,5-6,9-10,13-16H2,1-4H3,(H,32,36)(H,33,39)(H,37,38). The van der Waals surface area contributed by atoms with Crippen molar-refractivity contribution < 1.29 is 19.5 Å². The second kappa shape index (κ2) is 13.3. The topological polar surface area (TPSA) is 127 Å². The van der Waals surface area contributed by atoms with Gasteiger partial charge >= 0.3 is 12.0 Å². The Balaban J connectivity index is 1.63. The third-order valence-corrected chi connectivity index (χ3v) is 8.79. The maximum Gasteiger partial charge on any atom is 0.355 e. The van der Waals surface area contributed by atoms with Gasteiger partial charge in [0.25, 0.3) is 0 Å². The molecule has 0 aliphatic carbocycles. The van der Waals surface area contributed by atoms with Crippen LogP contribution in [0.1, 0.15) is 97.7 Å². The van der Waals surface area contributed by atoms with E-state index in [2.05, 4.69) is 20.6 Å². The summed E-state index contributed by atoms with van der Waals surface area (Å²) in [6, 6.07) is 6.45. The molecule has 0 radical (unpaired) electrons. The van der Waals surface area contributed by atoms with E-state index < -0.39 is 18.1 Å². The summed E-state index contributed by atoms with van der Waals surface area (Å²) < 4.78 is 0. The number of hydrogen-bond acceptors (Lipinski definition) is 5. The van der Waals surface area contributed by atoms with Gasteiger partial charge in [-0.3, -0.25) is 4.79 Å². The van der Waals surface area contributed by atoms with Crippen LogP contribution in [-0.2, 0) is 11.2 Å². The molecule has 4 rings (SSSR count). The number of amides is 3. The number of benzene rings is 1. The second-order valence-corrected chi connectivity index (χ2v) is 12.4. The average Bonchev–Trinajstić information content (AvgIpc) is 3.44. The summed E-state index contributed by atoms with van der Waals surface area (Å²) in [4.78, 5) is 49.2. The van der Waals surface area contributed by atoms with E-state index in [-0.39, 0.29) is 29.5 Å². The van der Waals surface area contributed by atoms with E-state index in [0.717, 1.165) is 42.1 Å². The Morgan fingerprint density at radius 2 is 1.75 bits per heavy atom. The summed E-state index contributed by atoms with van der Waals surface area (Å²) in [7, 11) is 0. The number of nitrogens with zero attached hydrogens (tertiary/aromatic N) is 2. The Kier molecular flexibility index (Phi) is 9.84. The molecule has 2 aromatic heterocycles. The fraction of sp³-hybridized carbons (Fsp3) is 0.533. The Labute approximate surface area is 239 Å². The molecule has 1 aliphatic heterocycles. The summed E-state index contributed by atoms with van der Waals surface area (Å²) in [6.07, 6.45) is 6.99. The number of urea groups is 1. The van der Waals surface area contributed by atoms with Crippen molar-refractivity contribution in [3.63, 3.8) is 0 Å². The highest BCUT2D eigenvalue weighted by atomic mass is 32.1. The smallest absolute Gasteiger partial charge is 0.355 e. The minimum absolute atomic E-state index is 0.0246. The minimum Gasteiger partial charge on any atom is -0.476 e. The van der Waals surface area contributed by atoms with E-state index in [9.17, 15) is 19.5 Å². The van der Waals surface area contributed by atoms with Crippen LogP contribution in [0.25, 0.3) is 10.9 Å². The molecule has 3 heterocycles. The van der Waals surface area contributed by atoms with Gasteiger partial charge in [0.2, 0.25) is 5.91 Å². The lowest BCUT2D eigenvalue weighted by Crippen LogP contribution is -2.52. The fourth-order valence-corrected chi connectivity index (χ4v) is 6.36. The van der Waals surface area contributed by atoms with Crippen molar-refractivity contribution in [1.82, 2.24) is 25.5 Å². The fourth-order valence-electron chi connectivity index (χ4n) is 5.25. The summed E-state index contributed by atoms with van der Waals surface area (Å²) in [5, 5.41) is 17.6. The molecule has 9 nitrogen and oxygen atoms in total. The number of aromatic carboxylic acids is 1. The molecule has 1 fully saturated rings. The highest BCUT2D eigenvalue weighted by Gasteiger charge is 2.30. The van der Waals surface area contributed by atoms with Crippen LogP contribution in [0.3, 0.4) is 0 Å². The van der Waals surface area contributed by atoms with Gasteiger partial charge in [0, 0.05) is 41.5 Å². The Bertz CT molecular complexity index is 1320. The number of fused-ring (bicyclic) bond motifs is 1. The molecule has 1 aromatic carbocycles. The van der Waals surface area contributed by atoms with E-state index in [4.69, 9.17) is 0 Å². The lowest BCUT2D eigenvalue weighted by atomic mass is 10.0. The number of carboxylic acid groups (broad SMARTS) is 1. The second-order valence-electron chi connectivity index (χ2n) is 11.4. The highest BCUT2D eigenvalue weighted by molar-refractivity contribution is 7.12. The first kappa shape index (κ1) is 29.6. The summed E-state index contributed by atoms with van der Waals surface area (Å²) in [6.45, 7) is 9.32. The quantitative estimate of drug-likeness (QED) is 0.245. The van der Waals surface area contributed by atoms with Gasteiger partial charge in [-0.2, -0.15) is 0 Å². The number of carboxylic acids is 1. The van der Waals surface area contributed by atoms with Crippen molar-refractivity contribution in [2.24, 2.45) is 5.92 Å². The maximum atomic E-state index is 13.8. The number of carbonyl (C=O) groups excluding carboxylic acids is 2. The lowest BCUT2D eigenvalue weighted by Gasteiger charge is -2.27. The van der Waals surface area contributed by atoms with Gasteiger partial charge in [-0.15, -0.1) is 11.3 Å². The van der Waals surface area contributed by atoms with Crippen LogP contribution in [0, 0.1) is 5.92 Å². The molecule has 1 saturated heterocycles. The van der Waals surface area contributed by atoms with Gasteiger partial charge in [0.1, 0.15) is 11.0 Å². The van der Waals surface area contributed by atoms with Crippen molar-refractivity contribution in [3.05, 3.63) is 51.6 Å². The number of rotatable bonds is 10. The highest BCUT2D eigenvalue weighted by Crippen LogP contribution is 2.33. The molecule has 0 saturated carbocycles. The molecule has 216 valence electrons. The molecular weight excluding hydrogens is 526 g/mol. The Hall–Kier alpha value is -3.40. The predicted molar refractivity (Wildman–Crippen MR) is 158 cm³/mol.